The van der Waals surface area contributed by atoms with E-state index < -0.39 is 0 Å². The molecule has 0 aromatic carbocycles. The van der Waals surface area contributed by atoms with E-state index in [0.717, 1.165) is 0 Å². The predicted octanol–water partition coefficient (Wildman–Crippen LogP) is 0.912. The van der Waals surface area contributed by atoms with Crippen LogP contribution in [0, 0.1) is 0 Å². The van der Waals surface area contributed by atoms with Gasteiger partial charge in [0.2, 0.25) is 0 Å². The van der Waals surface area contributed by atoms with Crippen LogP contribution in [0.15, 0.2) is 12.5 Å². The lowest BCUT2D eigenvalue weighted by Crippen LogP contribution is -2.34. The van der Waals surface area contributed by atoms with Gasteiger partial charge in [-0.05, 0) is 6.58 Å². The van der Waals surface area contributed by atoms with Gasteiger partial charge in [-0.3, -0.25) is 4.70 Å². The molecule has 60 valence electrons. The average molecular weight is 151 g/mol. The molecular weight excluding hydrogens is 140 g/mol. The lowest BCUT2D eigenvalue weighted by molar-refractivity contribution is 0.0428. The summed E-state index contributed by atoms with van der Waals surface area (Å²) < 4.78 is 17.3. The van der Waals surface area contributed by atoms with Crippen molar-refractivity contribution in [3.05, 3.63) is 12.5 Å². The molecule has 1 aliphatic rings. The maximum absolute atomic E-state index is 12.3. The Morgan fingerprint density at radius 2 is 1.90 bits per heavy atom. The summed E-state index contributed by atoms with van der Waals surface area (Å²) in [6.45, 7) is 5.68. The Hall–Kier alpha value is -0.640. The van der Waals surface area contributed by atoms with Gasteiger partial charge >= 0.3 is 0 Å². The second-order valence-corrected chi connectivity index (χ2v) is 1.98. The van der Waals surface area contributed by atoms with Crippen LogP contribution >= 0.6 is 0 Å². The van der Waals surface area contributed by atoms with Crippen molar-refractivity contribution in [3.8, 4) is 0 Å². The summed E-state index contributed by atoms with van der Waals surface area (Å²) in [5, 5.41) is 0. The standard InChI is InChI=1S/C6H10FNO.FH/c1-6(7)8-2-4-9-5-3-8;/h1-5H2;1H. The van der Waals surface area contributed by atoms with E-state index in [2.05, 4.69) is 6.58 Å². The maximum Gasteiger partial charge on any atom is 0.182 e. The summed E-state index contributed by atoms with van der Waals surface area (Å²) in [7, 11) is 0. The molecule has 0 aromatic heterocycles. The first kappa shape index (κ1) is 9.36. The Labute approximate surface area is 58.6 Å². The van der Waals surface area contributed by atoms with Crippen LogP contribution in [0.5, 0.6) is 0 Å². The van der Waals surface area contributed by atoms with Crippen LogP contribution in [-0.2, 0) is 4.74 Å². The molecule has 0 N–H and O–H groups in total. The topological polar surface area (TPSA) is 12.5 Å². The molecule has 1 aliphatic heterocycles. The van der Waals surface area contributed by atoms with Gasteiger partial charge in [0, 0.05) is 13.1 Å². The molecule has 0 spiro atoms. The highest BCUT2D eigenvalue weighted by molar-refractivity contribution is 4.82. The Kier molecular flexibility index (Phi) is 3.95. The summed E-state index contributed by atoms with van der Waals surface area (Å²) in [5.41, 5.74) is 0. The van der Waals surface area contributed by atoms with E-state index in [1.807, 2.05) is 0 Å². The van der Waals surface area contributed by atoms with E-state index in [4.69, 9.17) is 4.74 Å². The summed E-state index contributed by atoms with van der Waals surface area (Å²) in [5.74, 6) is -0.349. The first-order valence-electron chi connectivity index (χ1n) is 2.98. The lowest BCUT2D eigenvalue weighted by atomic mass is 10.4. The van der Waals surface area contributed by atoms with Gasteiger partial charge in [0.25, 0.3) is 0 Å². The highest BCUT2D eigenvalue weighted by atomic mass is 19.1. The molecule has 1 heterocycles. The number of ether oxygens (including phenoxy) is 1. The van der Waals surface area contributed by atoms with Gasteiger partial charge in [0.1, 0.15) is 0 Å². The van der Waals surface area contributed by atoms with Gasteiger partial charge in [-0.15, -0.1) is 0 Å². The highest BCUT2D eigenvalue weighted by Gasteiger charge is 2.10. The molecule has 0 amide bonds. The van der Waals surface area contributed by atoms with E-state index in [-0.39, 0.29) is 10.7 Å². The third-order valence-electron chi connectivity index (χ3n) is 1.35. The second kappa shape index (κ2) is 4.22. The normalized spacial score (nSPS) is 17.9. The molecule has 4 heteroatoms. The zero-order chi connectivity index (χ0) is 6.69. The van der Waals surface area contributed by atoms with Crippen LogP contribution in [0.4, 0.5) is 9.09 Å². The smallest absolute Gasteiger partial charge is 0.182 e. The maximum atomic E-state index is 12.3. The molecule has 0 unspecified atom stereocenters. The van der Waals surface area contributed by atoms with E-state index in [0.29, 0.717) is 26.3 Å². The van der Waals surface area contributed by atoms with Crippen molar-refractivity contribution in [2.75, 3.05) is 26.3 Å². The van der Waals surface area contributed by atoms with Crippen molar-refractivity contribution in [1.82, 2.24) is 4.90 Å². The molecule has 1 saturated heterocycles. The Balaban J connectivity index is 0.000000810. The van der Waals surface area contributed by atoms with Crippen LogP contribution in [0.2, 0.25) is 0 Å². The molecule has 0 saturated carbocycles. The molecule has 2 nitrogen and oxygen atoms in total. The minimum absolute atomic E-state index is 0. The third kappa shape index (κ3) is 2.31. The zero-order valence-corrected chi connectivity index (χ0v) is 5.68. The summed E-state index contributed by atoms with van der Waals surface area (Å²) in [6.07, 6.45) is 0. The number of morpholine rings is 1. The number of halogens is 2. The van der Waals surface area contributed by atoms with Crippen molar-refractivity contribution in [3.63, 3.8) is 0 Å². The zero-order valence-electron chi connectivity index (χ0n) is 5.68. The fourth-order valence-electron chi connectivity index (χ4n) is 0.806. The predicted molar refractivity (Wildman–Crippen MR) is 35.1 cm³/mol. The van der Waals surface area contributed by atoms with Gasteiger partial charge < -0.3 is 9.64 Å². The molecule has 0 bridgehead atoms. The SMILES string of the molecule is C=C(F)N1CCOCC1.F. The minimum Gasteiger partial charge on any atom is -0.378 e. The Bertz CT molecular complexity index is 112. The largest absolute Gasteiger partial charge is 0.378 e. The first-order chi connectivity index (χ1) is 4.30. The van der Waals surface area contributed by atoms with E-state index in [1.165, 1.54) is 0 Å². The number of hydrogen-bond acceptors (Lipinski definition) is 2. The number of nitrogens with zero attached hydrogens (tertiary/aromatic N) is 1. The Morgan fingerprint density at radius 1 is 1.40 bits per heavy atom. The van der Waals surface area contributed by atoms with E-state index in [1.54, 1.807) is 4.90 Å². The van der Waals surface area contributed by atoms with Crippen LogP contribution in [0.3, 0.4) is 0 Å². The second-order valence-electron chi connectivity index (χ2n) is 1.98. The van der Waals surface area contributed by atoms with Crippen molar-refractivity contribution >= 4 is 0 Å². The number of rotatable bonds is 1. The summed E-state index contributed by atoms with van der Waals surface area (Å²) in [4.78, 5) is 1.57. The van der Waals surface area contributed by atoms with Crippen molar-refractivity contribution in [2.24, 2.45) is 0 Å². The fourth-order valence-corrected chi connectivity index (χ4v) is 0.806. The lowest BCUT2D eigenvalue weighted by Gasteiger charge is -2.25. The van der Waals surface area contributed by atoms with Crippen LogP contribution in [0.25, 0.3) is 0 Å². The van der Waals surface area contributed by atoms with Gasteiger partial charge in [-0.1, -0.05) is 0 Å². The minimum atomic E-state index is -0.349. The van der Waals surface area contributed by atoms with E-state index in [9.17, 15) is 4.39 Å². The monoisotopic (exact) mass is 151 g/mol. The van der Waals surface area contributed by atoms with Gasteiger partial charge in [0.15, 0.2) is 5.95 Å². The fraction of sp³-hybridized carbons (Fsp3) is 0.667. The molecule has 0 radical (unpaired) electrons. The first-order valence-corrected chi connectivity index (χ1v) is 2.98. The summed E-state index contributed by atoms with van der Waals surface area (Å²) in [6, 6.07) is 0. The van der Waals surface area contributed by atoms with E-state index >= 15 is 0 Å². The van der Waals surface area contributed by atoms with Crippen molar-refractivity contribution in [1.29, 1.82) is 0 Å². The highest BCUT2D eigenvalue weighted by Crippen LogP contribution is 2.04. The van der Waals surface area contributed by atoms with Gasteiger partial charge in [-0.25, -0.2) is 0 Å². The molecule has 0 aliphatic carbocycles. The van der Waals surface area contributed by atoms with Crippen LogP contribution in [0.1, 0.15) is 0 Å². The van der Waals surface area contributed by atoms with Gasteiger partial charge in [0.05, 0.1) is 13.2 Å². The number of hydrogen-bond donors (Lipinski definition) is 0. The summed E-state index contributed by atoms with van der Waals surface area (Å²) >= 11 is 0. The average Bonchev–Trinajstić information content (AvgIpc) is 1.90. The van der Waals surface area contributed by atoms with Gasteiger partial charge in [-0.2, -0.15) is 4.39 Å². The van der Waals surface area contributed by atoms with Crippen molar-refractivity contribution < 1.29 is 13.8 Å². The van der Waals surface area contributed by atoms with Crippen molar-refractivity contribution in [2.45, 2.75) is 0 Å². The van der Waals surface area contributed by atoms with Crippen LogP contribution < -0.4 is 0 Å². The molecule has 1 fully saturated rings. The third-order valence-corrected chi connectivity index (χ3v) is 1.35. The molecule has 10 heavy (non-hydrogen) atoms. The Morgan fingerprint density at radius 3 is 2.20 bits per heavy atom. The quantitative estimate of drug-likeness (QED) is 0.516. The molecule has 0 aromatic rings. The molecule has 0 atom stereocenters. The van der Waals surface area contributed by atoms with Crippen LogP contribution in [-0.4, -0.2) is 31.2 Å². The molecule has 1 rings (SSSR count). The molecular formula is C6H11F2NO.